The van der Waals surface area contributed by atoms with Crippen molar-refractivity contribution in [3.05, 3.63) is 35.9 Å². The molecule has 1 heterocycles. The highest BCUT2D eigenvalue weighted by Gasteiger charge is 2.47. The van der Waals surface area contributed by atoms with Crippen LogP contribution in [-0.4, -0.2) is 63.7 Å². The fraction of sp³-hybridized carbons (Fsp3) is 0.444. The van der Waals surface area contributed by atoms with E-state index in [0.29, 0.717) is 10.5 Å². The van der Waals surface area contributed by atoms with Gasteiger partial charge in [0.2, 0.25) is 0 Å². The van der Waals surface area contributed by atoms with Gasteiger partial charge in [-0.25, -0.2) is 19.3 Å². The second kappa shape index (κ2) is 8.07. The van der Waals surface area contributed by atoms with Crippen LogP contribution in [0.5, 0.6) is 0 Å². The molecule has 0 aliphatic carbocycles. The Labute approximate surface area is 156 Å². The summed E-state index contributed by atoms with van der Waals surface area (Å²) >= 11 is 0. The fourth-order valence-corrected chi connectivity index (χ4v) is 2.50. The van der Waals surface area contributed by atoms with Crippen molar-refractivity contribution < 1.29 is 33.8 Å². The van der Waals surface area contributed by atoms with Crippen molar-refractivity contribution in [2.24, 2.45) is 0 Å². The minimum atomic E-state index is -1.44. The second-order valence-corrected chi connectivity index (χ2v) is 7.01. The second-order valence-electron chi connectivity index (χ2n) is 7.01. The quantitative estimate of drug-likeness (QED) is 0.778. The van der Waals surface area contributed by atoms with E-state index in [0.717, 1.165) is 4.90 Å². The summed E-state index contributed by atoms with van der Waals surface area (Å²) in [5.74, 6) is -2.06. The summed E-state index contributed by atoms with van der Waals surface area (Å²) in [5, 5.41) is 9.33. The van der Waals surface area contributed by atoms with Crippen molar-refractivity contribution in [3.8, 4) is 0 Å². The van der Waals surface area contributed by atoms with E-state index in [9.17, 15) is 24.3 Å². The molecular weight excluding hydrogens is 356 g/mol. The number of imide groups is 1. The van der Waals surface area contributed by atoms with Gasteiger partial charge in [-0.05, 0) is 26.3 Å². The van der Waals surface area contributed by atoms with Crippen LogP contribution in [0.15, 0.2) is 30.3 Å². The Bertz CT molecular complexity index is 727. The van der Waals surface area contributed by atoms with Crippen LogP contribution in [0.2, 0.25) is 0 Å². The molecule has 0 spiro atoms. The molecule has 27 heavy (non-hydrogen) atoms. The predicted molar refractivity (Wildman–Crippen MR) is 92.7 cm³/mol. The molecule has 1 aromatic carbocycles. The van der Waals surface area contributed by atoms with Gasteiger partial charge in [-0.3, -0.25) is 4.79 Å². The van der Waals surface area contributed by atoms with E-state index >= 15 is 0 Å². The molecule has 1 aromatic rings. The molecule has 0 unspecified atom stereocenters. The summed E-state index contributed by atoms with van der Waals surface area (Å²) in [6.07, 6.45) is -1.08. The number of carbonyl (C=O) groups is 4. The smallest absolute Gasteiger partial charge is 0.419 e. The van der Waals surface area contributed by atoms with Crippen molar-refractivity contribution in [3.63, 3.8) is 0 Å². The molecule has 3 amide bonds. The number of aliphatic carboxylic acids is 1. The van der Waals surface area contributed by atoms with Crippen LogP contribution in [0.25, 0.3) is 0 Å². The number of urea groups is 1. The molecular formula is C18H22N2O7. The monoisotopic (exact) mass is 378 g/mol. The maximum absolute atomic E-state index is 12.5. The highest BCUT2D eigenvalue weighted by molar-refractivity contribution is 5.99. The standard InChI is InChI=1S/C18H22N2O7/c1-18(2,3)27-14(21)10-19-9-13(15(22)23)20(16(19)24)17(25)26-11-12-7-5-4-6-8-12/h4-8,13H,9-11H2,1-3H3,(H,22,23)/t13-/m0/s1. The first-order valence-corrected chi connectivity index (χ1v) is 8.32. The lowest BCUT2D eigenvalue weighted by Gasteiger charge is -2.22. The van der Waals surface area contributed by atoms with E-state index in [4.69, 9.17) is 9.47 Å². The van der Waals surface area contributed by atoms with E-state index in [1.165, 1.54) is 0 Å². The summed E-state index contributed by atoms with van der Waals surface area (Å²) in [6.45, 7) is 4.12. The topological polar surface area (TPSA) is 113 Å². The van der Waals surface area contributed by atoms with E-state index in [1.807, 2.05) is 0 Å². The molecule has 146 valence electrons. The molecule has 0 aromatic heterocycles. The largest absolute Gasteiger partial charge is 0.480 e. The van der Waals surface area contributed by atoms with E-state index in [2.05, 4.69) is 0 Å². The van der Waals surface area contributed by atoms with E-state index in [1.54, 1.807) is 51.1 Å². The normalized spacial score (nSPS) is 17.0. The molecule has 0 radical (unpaired) electrons. The highest BCUT2D eigenvalue weighted by atomic mass is 16.6. The van der Waals surface area contributed by atoms with Crippen LogP contribution in [0.1, 0.15) is 26.3 Å². The molecule has 1 aliphatic heterocycles. The zero-order chi connectivity index (χ0) is 20.2. The number of hydrogen-bond acceptors (Lipinski definition) is 6. The molecule has 1 fully saturated rings. The number of hydrogen-bond donors (Lipinski definition) is 1. The lowest BCUT2D eigenvalue weighted by atomic mass is 10.2. The van der Waals surface area contributed by atoms with Crippen LogP contribution >= 0.6 is 0 Å². The van der Waals surface area contributed by atoms with E-state index in [-0.39, 0.29) is 13.2 Å². The Balaban J connectivity index is 2.05. The van der Waals surface area contributed by atoms with Gasteiger partial charge in [-0.15, -0.1) is 0 Å². The van der Waals surface area contributed by atoms with Crippen LogP contribution in [0, 0.1) is 0 Å². The first kappa shape index (κ1) is 20.2. The van der Waals surface area contributed by atoms with Crippen molar-refractivity contribution in [1.82, 2.24) is 9.80 Å². The van der Waals surface area contributed by atoms with Gasteiger partial charge >= 0.3 is 24.1 Å². The molecule has 0 bridgehead atoms. The molecule has 9 heteroatoms. The number of esters is 1. The number of amides is 3. The summed E-state index contributed by atoms with van der Waals surface area (Å²) < 4.78 is 10.2. The van der Waals surface area contributed by atoms with Crippen molar-refractivity contribution >= 4 is 24.1 Å². The Kier molecular flexibility index (Phi) is 6.04. The predicted octanol–water partition coefficient (Wildman–Crippen LogP) is 1.86. The average molecular weight is 378 g/mol. The molecule has 2 rings (SSSR count). The third-order valence-corrected chi connectivity index (χ3v) is 3.61. The zero-order valence-corrected chi connectivity index (χ0v) is 15.4. The number of carboxylic acids is 1. The molecule has 1 saturated heterocycles. The molecule has 1 aliphatic rings. The highest BCUT2D eigenvalue weighted by Crippen LogP contribution is 2.19. The van der Waals surface area contributed by atoms with Crippen LogP contribution in [0.4, 0.5) is 9.59 Å². The average Bonchev–Trinajstić information content (AvgIpc) is 2.89. The molecule has 9 nitrogen and oxygen atoms in total. The number of ether oxygens (including phenoxy) is 2. The Hall–Kier alpha value is -3.10. The SMILES string of the molecule is CC(C)(C)OC(=O)CN1C[C@@H](C(=O)O)N(C(=O)OCc2ccccc2)C1=O. The van der Waals surface area contributed by atoms with Gasteiger partial charge in [0.25, 0.3) is 0 Å². The number of carboxylic acid groups (broad SMARTS) is 1. The van der Waals surface area contributed by atoms with Gasteiger partial charge in [-0.2, -0.15) is 0 Å². The first-order valence-electron chi connectivity index (χ1n) is 8.32. The summed E-state index contributed by atoms with van der Waals surface area (Å²) in [6, 6.07) is 6.41. The number of nitrogens with zero attached hydrogens (tertiary/aromatic N) is 2. The minimum absolute atomic E-state index is 0.109. The van der Waals surface area contributed by atoms with E-state index < -0.39 is 42.3 Å². The lowest BCUT2D eigenvalue weighted by molar-refractivity contribution is -0.155. The minimum Gasteiger partial charge on any atom is -0.480 e. The van der Waals surface area contributed by atoms with Crippen molar-refractivity contribution in [1.29, 1.82) is 0 Å². The Morgan fingerprint density at radius 1 is 1.19 bits per heavy atom. The molecule has 1 atom stereocenters. The maximum Gasteiger partial charge on any atom is 0.419 e. The number of benzene rings is 1. The van der Waals surface area contributed by atoms with Gasteiger partial charge in [0.1, 0.15) is 18.8 Å². The van der Waals surface area contributed by atoms with Crippen molar-refractivity contribution in [2.45, 2.75) is 39.0 Å². The zero-order valence-electron chi connectivity index (χ0n) is 15.4. The molecule has 1 N–H and O–H groups in total. The lowest BCUT2D eigenvalue weighted by Crippen LogP contribution is -2.44. The van der Waals surface area contributed by atoms with Crippen LogP contribution in [-0.2, 0) is 25.7 Å². The van der Waals surface area contributed by atoms with Gasteiger partial charge in [0.15, 0.2) is 6.04 Å². The van der Waals surface area contributed by atoms with Crippen molar-refractivity contribution in [2.75, 3.05) is 13.1 Å². The Morgan fingerprint density at radius 2 is 1.81 bits per heavy atom. The van der Waals surface area contributed by atoms with Gasteiger partial charge in [0.05, 0.1) is 6.54 Å². The summed E-state index contributed by atoms with van der Waals surface area (Å²) in [5.41, 5.74) is -0.0598. The summed E-state index contributed by atoms with van der Waals surface area (Å²) in [7, 11) is 0. The van der Waals surface area contributed by atoms with Gasteiger partial charge in [0, 0.05) is 0 Å². The maximum atomic E-state index is 12.5. The van der Waals surface area contributed by atoms with Gasteiger partial charge in [-0.1, -0.05) is 30.3 Å². The fourth-order valence-electron chi connectivity index (χ4n) is 2.50. The molecule has 0 saturated carbocycles. The third-order valence-electron chi connectivity index (χ3n) is 3.61. The van der Waals surface area contributed by atoms with Crippen LogP contribution in [0.3, 0.4) is 0 Å². The summed E-state index contributed by atoms with van der Waals surface area (Å²) in [4.78, 5) is 49.6. The van der Waals surface area contributed by atoms with Crippen LogP contribution < -0.4 is 0 Å². The number of carbonyl (C=O) groups excluding carboxylic acids is 3. The third kappa shape index (κ3) is 5.44. The number of rotatable bonds is 5. The first-order chi connectivity index (χ1) is 12.6. The van der Waals surface area contributed by atoms with Gasteiger partial charge < -0.3 is 19.5 Å². The Morgan fingerprint density at radius 3 is 2.37 bits per heavy atom.